The van der Waals surface area contributed by atoms with Crippen molar-refractivity contribution in [3.8, 4) is 0 Å². The van der Waals surface area contributed by atoms with Crippen LogP contribution in [0.1, 0.15) is 108 Å². The Labute approximate surface area is 238 Å². The van der Waals surface area contributed by atoms with Gasteiger partial charge in [0.05, 0.1) is 6.04 Å². The van der Waals surface area contributed by atoms with Crippen molar-refractivity contribution in [1.82, 2.24) is 20.1 Å². The highest BCUT2D eigenvalue weighted by atomic mass is 32.1. The Hall–Kier alpha value is -2.04. The second kappa shape index (κ2) is 16.3. The van der Waals surface area contributed by atoms with Crippen LogP contribution in [-0.4, -0.2) is 82.5 Å². The number of amides is 2. The molecule has 0 spiro atoms. The van der Waals surface area contributed by atoms with Crippen molar-refractivity contribution >= 4 is 29.1 Å². The van der Waals surface area contributed by atoms with E-state index in [4.69, 9.17) is 4.74 Å². The van der Waals surface area contributed by atoms with Crippen molar-refractivity contribution in [2.75, 3.05) is 26.7 Å². The molecule has 1 aliphatic rings. The molecule has 1 saturated heterocycles. The predicted octanol–water partition coefficient (Wildman–Crippen LogP) is 4.98. The summed E-state index contributed by atoms with van der Waals surface area (Å²) in [5.41, 5.74) is 0.00918. The number of piperidine rings is 1. The molecule has 2 heterocycles. The Balaban J connectivity index is 2.36. The smallest absolute Gasteiger partial charge is 0.355 e. The van der Waals surface area contributed by atoms with Crippen LogP contribution in [0.4, 0.5) is 0 Å². The lowest BCUT2D eigenvalue weighted by molar-refractivity contribution is -0.143. The number of aromatic nitrogens is 1. The summed E-state index contributed by atoms with van der Waals surface area (Å²) in [5, 5.41) is 14.7. The van der Waals surface area contributed by atoms with Crippen LogP contribution in [-0.2, 0) is 14.3 Å². The zero-order valence-corrected chi connectivity index (χ0v) is 25.8. The number of likely N-dealkylation sites (N-methyl/N-ethyl adjacent to an activating group) is 1. The van der Waals surface area contributed by atoms with E-state index in [0.29, 0.717) is 24.6 Å². The molecule has 0 saturated carbocycles. The normalized spacial score (nSPS) is 19.3. The number of hydrogen-bond acceptors (Lipinski definition) is 7. The third-order valence-corrected chi connectivity index (χ3v) is 8.70. The van der Waals surface area contributed by atoms with Gasteiger partial charge in [0.25, 0.3) is 0 Å². The van der Waals surface area contributed by atoms with Crippen molar-refractivity contribution < 1.29 is 24.2 Å². The average Bonchev–Trinajstić information content (AvgIpc) is 3.41. The molecule has 39 heavy (non-hydrogen) atoms. The first kappa shape index (κ1) is 33.2. The van der Waals surface area contributed by atoms with Crippen molar-refractivity contribution in [3.63, 3.8) is 0 Å². The molecular formula is C29H50N4O5S. The van der Waals surface area contributed by atoms with Crippen LogP contribution in [0.15, 0.2) is 5.38 Å². The molecule has 1 aromatic rings. The minimum absolute atomic E-state index is 0.00918. The minimum atomic E-state index is -1.06. The van der Waals surface area contributed by atoms with Gasteiger partial charge in [0.2, 0.25) is 11.8 Å². The van der Waals surface area contributed by atoms with Gasteiger partial charge in [-0.3, -0.25) is 14.5 Å². The highest BCUT2D eigenvalue weighted by Crippen LogP contribution is 2.31. The number of nitrogens with one attached hydrogen (secondary N) is 1. The lowest BCUT2D eigenvalue weighted by atomic mass is 9.92. The Morgan fingerprint density at radius 3 is 2.46 bits per heavy atom. The molecule has 5 atom stereocenters. The molecule has 1 aliphatic heterocycles. The monoisotopic (exact) mass is 566 g/mol. The highest BCUT2D eigenvalue weighted by molar-refractivity contribution is 7.09. The third kappa shape index (κ3) is 9.25. The van der Waals surface area contributed by atoms with Gasteiger partial charge in [-0.2, -0.15) is 0 Å². The Bertz CT molecular complexity index is 923. The summed E-state index contributed by atoms with van der Waals surface area (Å²) < 4.78 is 6.19. The second-order valence-electron chi connectivity index (χ2n) is 11.2. The molecule has 10 heteroatoms. The summed E-state index contributed by atoms with van der Waals surface area (Å²) in [4.78, 5) is 47.5. The summed E-state index contributed by atoms with van der Waals surface area (Å²) in [6.45, 7) is 14.3. The van der Waals surface area contributed by atoms with Gasteiger partial charge in [-0.1, -0.05) is 54.4 Å². The number of nitrogens with zero attached hydrogens (tertiary/aromatic N) is 3. The van der Waals surface area contributed by atoms with Crippen molar-refractivity contribution in [1.29, 1.82) is 0 Å². The first-order valence-electron chi connectivity index (χ1n) is 14.7. The molecule has 1 fully saturated rings. The number of carboxylic acid groups (broad SMARTS) is 1. The van der Waals surface area contributed by atoms with Crippen molar-refractivity contribution in [3.05, 3.63) is 16.1 Å². The third-order valence-electron chi connectivity index (χ3n) is 7.76. The van der Waals surface area contributed by atoms with Crippen LogP contribution in [0.2, 0.25) is 0 Å². The summed E-state index contributed by atoms with van der Waals surface area (Å²) in [6.07, 6.45) is 5.35. The van der Waals surface area contributed by atoms with E-state index in [0.717, 1.165) is 45.1 Å². The van der Waals surface area contributed by atoms with Crippen LogP contribution < -0.4 is 5.32 Å². The van der Waals surface area contributed by atoms with E-state index in [-0.39, 0.29) is 41.4 Å². The summed E-state index contributed by atoms with van der Waals surface area (Å²) in [5.74, 6) is -1.10. The maximum Gasteiger partial charge on any atom is 0.355 e. The Kier molecular flexibility index (Phi) is 13.8. The first-order valence-corrected chi connectivity index (χ1v) is 15.5. The molecule has 2 rings (SSSR count). The molecule has 9 nitrogen and oxygen atoms in total. The summed E-state index contributed by atoms with van der Waals surface area (Å²) in [7, 11) is 1.98. The molecule has 0 radical (unpaired) electrons. The van der Waals surface area contributed by atoms with Gasteiger partial charge in [-0.05, 0) is 51.1 Å². The number of rotatable bonds is 16. The molecule has 0 unspecified atom stereocenters. The fraction of sp³-hybridized carbons (Fsp3) is 0.793. The number of likely N-dealkylation sites (tertiary alicyclic amines) is 1. The lowest BCUT2D eigenvalue weighted by Crippen LogP contribution is -2.58. The number of carboxylic acids is 1. The van der Waals surface area contributed by atoms with E-state index in [9.17, 15) is 19.5 Å². The Morgan fingerprint density at radius 1 is 1.21 bits per heavy atom. The molecule has 0 bridgehead atoms. The predicted molar refractivity (Wildman–Crippen MR) is 155 cm³/mol. The maximum atomic E-state index is 14.3. The SMILES string of the molecule is CCCO[C@H](C[C@H](C(C)C)N(CCC)C(=O)[C@@H](NC(=O)[C@H]1CCCCN1C)[C@@H](C)CC)c1nc(C(=O)O)cs1. The van der Waals surface area contributed by atoms with Crippen LogP contribution in [0, 0.1) is 11.8 Å². The van der Waals surface area contributed by atoms with E-state index in [1.54, 1.807) is 0 Å². The van der Waals surface area contributed by atoms with Crippen molar-refractivity contribution in [2.45, 2.75) is 111 Å². The second-order valence-corrected chi connectivity index (χ2v) is 12.1. The van der Waals surface area contributed by atoms with Crippen LogP contribution in [0.25, 0.3) is 0 Å². The standard InChI is InChI=1S/C29H50N4O5S/c1-8-14-33(28(35)25(20(6)10-3)31-26(34)22-13-11-12-15-32(22)7)23(19(4)5)17-24(38-16-9-2)27-30-21(18-39-27)29(36)37/h18-20,22-25H,8-17H2,1-7H3,(H,31,34)(H,36,37)/t20-,22+,23+,24+,25-/m0/s1. The maximum absolute atomic E-state index is 14.3. The molecule has 222 valence electrons. The van der Waals surface area contributed by atoms with Gasteiger partial charge in [0, 0.05) is 31.0 Å². The minimum Gasteiger partial charge on any atom is -0.476 e. The fourth-order valence-electron chi connectivity index (χ4n) is 5.21. The van der Waals surface area contributed by atoms with E-state index in [2.05, 4.69) is 36.0 Å². The van der Waals surface area contributed by atoms with Gasteiger partial charge >= 0.3 is 5.97 Å². The number of thiazole rings is 1. The highest BCUT2D eigenvalue weighted by Gasteiger charge is 2.38. The molecular weight excluding hydrogens is 516 g/mol. The van der Waals surface area contributed by atoms with Gasteiger partial charge in [0.1, 0.15) is 17.2 Å². The number of aromatic carboxylic acids is 1. The zero-order valence-electron chi connectivity index (χ0n) is 24.9. The number of carbonyl (C=O) groups excluding carboxylic acids is 2. The van der Waals surface area contributed by atoms with E-state index in [1.807, 2.05) is 32.7 Å². The molecule has 0 aliphatic carbocycles. The van der Waals surface area contributed by atoms with Crippen LogP contribution in [0.3, 0.4) is 0 Å². The fourth-order valence-corrected chi connectivity index (χ4v) is 6.06. The number of carbonyl (C=O) groups is 3. The van der Waals surface area contributed by atoms with Crippen LogP contribution in [0.5, 0.6) is 0 Å². The van der Waals surface area contributed by atoms with Gasteiger partial charge in [0.15, 0.2) is 5.69 Å². The molecule has 1 aromatic heterocycles. The van der Waals surface area contributed by atoms with Crippen LogP contribution >= 0.6 is 11.3 Å². The van der Waals surface area contributed by atoms with E-state index >= 15 is 0 Å². The van der Waals surface area contributed by atoms with E-state index in [1.165, 1.54) is 16.7 Å². The van der Waals surface area contributed by atoms with Gasteiger partial charge in [-0.15, -0.1) is 11.3 Å². The molecule has 0 aromatic carbocycles. The van der Waals surface area contributed by atoms with Crippen molar-refractivity contribution in [2.24, 2.45) is 11.8 Å². The number of hydrogen-bond donors (Lipinski definition) is 2. The summed E-state index contributed by atoms with van der Waals surface area (Å²) in [6, 6.07) is -0.991. The number of ether oxygens (including phenoxy) is 1. The Morgan fingerprint density at radius 2 is 1.92 bits per heavy atom. The van der Waals surface area contributed by atoms with E-state index < -0.39 is 18.1 Å². The quantitative estimate of drug-likeness (QED) is 0.290. The lowest BCUT2D eigenvalue weighted by Gasteiger charge is -2.40. The van der Waals surface area contributed by atoms with Gasteiger partial charge < -0.3 is 20.1 Å². The summed E-state index contributed by atoms with van der Waals surface area (Å²) >= 11 is 1.28. The average molecular weight is 567 g/mol. The largest absolute Gasteiger partial charge is 0.476 e. The van der Waals surface area contributed by atoms with Gasteiger partial charge in [-0.25, -0.2) is 9.78 Å². The topological polar surface area (TPSA) is 112 Å². The first-order chi connectivity index (χ1) is 18.5. The zero-order chi connectivity index (χ0) is 29.1. The molecule has 2 amide bonds. The molecule has 2 N–H and O–H groups in total.